The van der Waals surface area contributed by atoms with E-state index in [1.54, 1.807) is 0 Å². The highest BCUT2D eigenvalue weighted by Crippen LogP contribution is 2.27. The average Bonchev–Trinajstić information content (AvgIpc) is 3.15. The Labute approximate surface area is 159 Å². The Hall–Kier alpha value is -1.49. The number of amidine groups is 1. The molecule has 0 amide bonds. The summed E-state index contributed by atoms with van der Waals surface area (Å²) in [6, 6.07) is 16.3. The second-order valence-electron chi connectivity index (χ2n) is 6.26. The first kappa shape index (κ1) is 18.3. The molecule has 5 heteroatoms. The van der Waals surface area contributed by atoms with E-state index in [1.807, 2.05) is 30.0 Å². The number of rotatable bonds is 7. The van der Waals surface area contributed by atoms with Crippen molar-refractivity contribution in [3.63, 3.8) is 0 Å². The SMILES string of the molecule is NC(=Nc1ccc(CCNCc2cccc(Cl)c2)cc1)C1CCCS1. The van der Waals surface area contributed by atoms with Gasteiger partial charge >= 0.3 is 0 Å². The molecular weight excluding hydrogens is 350 g/mol. The van der Waals surface area contributed by atoms with Crippen LogP contribution in [0.4, 0.5) is 5.69 Å². The van der Waals surface area contributed by atoms with Gasteiger partial charge in [0, 0.05) is 11.6 Å². The minimum atomic E-state index is 0.398. The molecule has 0 spiro atoms. The van der Waals surface area contributed by atoms with Gasteiger partial charge in [-0.05, 0) is 67.0 Å². The maximum Gasteiger partial charge on any atom is 0.113 e. The predicted octanol–water partition coefficient (Wildman–Crippen LogP) is 4.56. The number of benzene rings is 2. The Bertz CT molecular complexity index is 709. The lowest BCUT2D eigenvalue weighted by Gasteiger charge is -2.08. The van der Waals surface area contributed by atoms with E-state index in [0.29, 0.717) is 5.25 Å². The summed E-state index contributed by atoms with van der Waals surface area (Å²) in [6.07, 6.45) is 3.38. The lowest BCUT2D eigenvalue weighted by molar-refractivity contribution is 0.687. The number of nitrogens with two attached hydrogens (primary N) is 1. The third kappa shape index (κ3) is 5.77. The highest BCUT2D eigenvalue weighted by Gasteiger charge is 2.19. The fraction of sp³-hybridized carbons (Fsp3) is 0.350. The largest absolute Gasteiger partial charge is 0.386 e. The molecule has 3 rings (SSSR count). The normalized spacial score (nSPS) is 17.8. The van der Waals surface area contributed by atoms with Crippen LogP contribution in [-0.4, -0.2) is 23.4 Å². The summed E-state index contributed by atoms with van der Waals surface area (Å²) in [5, 5.41) is 4.63. The Morgan fingerprint density at radius 1 is 1.20 bits per heavy atom. The van der Waals surface area contributed by atoms with Crippen molar-refractivity contribution in [1.29, 1.82) is 0 Å². The summed E-state index contributed by atoms with van der Waals surface area (Å²) in [7, 11) is 0. The van der Waals surface area contributed by atoms with E-state index >= 15 is 0 Å². The molecule has 1 saturated heterocycles. The summed E-state index contributed by atoms with van der Waals surface area (Å²) in [5.74, 6) is 1.96. The zero-order valence-corrected chi connectivity index (χ0v) is 15.8. The number of thioether (sulfide) groups is 1. The van der Waals surface area contributed by atoms with Crippen molar-refractivity contribution < 1.29 is 0 Å². The van der Waals surface area contributed by atoms with Crippen molar-refractivity contribution in [2.75, 3.05) is 12.3 Å². The molecule has 1 atom stereocenters. The molecule has 0 aliphatic carbocycles. The molecule has 0 saturated carbocycles. The van der Waals surface area contributed by atoms with Crippen LogP contribution in [0.2, 0.25) is 5.02 Å². The molecule has 1 unspecified atom stereocenters. The van der Waals surface area contributed by atoms with E-state index in [0.717, 1.165) is 42.5 Å². The van der Waals surface area contributed by atoms with E-state index < -0.39 is 0 Å². The molecule has 0 radical (unpaired) electrons. The quantitative estimate of drug-likeness (QED) is 0.425. The lowest BCUT2D eigenvalue weighted by atomic mass is 10.1. The van der Waals surface area contributed by atoms with Gasteiger partial charge in [0.15, 0.2) is 0 Å². The van der Waals surface area contributed by atoms with Crippen LogP contribution in [0.3, 0.4) is 0 Å². The lowest BCUT2D eigenvalue weighted by Crippen LogP contribution is -2.23. The zero-order chi connectivity index (χ0) is 17.5. The molecule has 3 N–H and O–H groups in total. The summed E-state index contributed by atoms with van der Waals surface area (Å²) < 4.78 is 0. The van der Waals surface area contributed by atoms with Gasteiger partial charge in [-0.1, -0.05) is 35.9 Å². The van der Waals surface area contributed by atoms with Crippen molar-refractivity contribution in [1.82, 2.24) is 5.32 Å². The highest BCUT2D eigenvalue weighted by molar-refractivity contribution is 8.00. The van der Waals surface area contributed by atoms with Gasteiger partial charge in [-0.15, -0.1) is 0 Å². The summed E-state index contributed by atoms with van der Waals surface area (Å²) >= 11 is 7.91. The molecule has 2 aromatic rings. The number of hydrogen-bond donors (Lipinski definition) is 2. The van der Waals surface area contributed by atoms with Crippen molar-refractivity contribution in [3.8, 4) is 0 Å². The van der Waals surface area contributed by atoms with Crippen LogP contribution in [0.5, 0.6) is 0 Å². The summed E-state index contributed by atoms with van der Waals surface area (Å²) in [4.78, 5) is 4.57. The van der Waals surface area contributed by atoms with E-state index in [2.05, 4.69) is 40.6 Å². The van der Waals surface area contributed by atoms with Crippen molar-refractivity contribution >= 4 is 34.9 Å². The zero-order valence-electron chi connectivity index (χ0n) is 14.2. The highest BCUT2D eigenvalue weighted by atomic mass is 35.5. The molecule has 0 bridgehead atoms. The number of aliphatic imine (C=N–C) groups is 1. The van der Waals surface area contributed by atoms with Crippen LogP contribution in [0.1, 0.15) is 24.0 Å². The second kappa shape index (κ2) is 9.27. The van der Waals surface area contributed by atoms with Crippen LogP contribution in [-0.2, 0) is 13.0 Å². The summed E-state index contributed by atoms with van der Waals surface area (Å²) in [5.41, 5.74) is 9.57. The Balaban J connectivity index is 1.45. The van der Waals surface area contributed by atoms with Crippen molar-refractivity contribution in [2.45, 2.75) is 31.1 Å². The molecule has 1 fully saturated rings. The van der Waals surface area contributed by atoms with Crippen LogP contribution < -0.4 is 11.1 Å². The van der Waals surface area contributed by atoms with Crippen LogP contribution in [0.15, 0.2) is 53.5 Å². The van der Waals surface area contributed by atoms with Crippen molar-refractivity contribution in [3.05, 3.63) is 64.7 Å². The first-order valence-corrected chi connectivity index (χ1v) is 10.1. The van der Waals surface area contributed by atoms with Gasteiger partial charge in [0.05, 0.1) is 10.9 Å². The molecule has 3 nitrogen and oxygen atoms in total. The van der Waals surface area contributed by atoms with Gasteiger partial charge in [0.1, 0.15) is 5.84 Å². The molecule has 0 aromatic heterocycles. The average molecular weight is 374 g/mol. The third-order valence-electron chi connectivity index (χ3n) is 4.26. The smallest absolute Gasteiger partial charge is 0.113 e. The first-order valence-electron chi connectivity index (χ1n) is 8.70. The molecule has 1 heterocycles. The predicted molar refractivity (Wildman–Crippen MR) is 110 cm³/mol. The number of halogens is 1. The first-order chi connectivity index (χ1) is 12.2. The van der Waals surface area contributed by atoms with Crippen LogP contribution >= 0.6 is 23.4 Å². The fourth-order valence-electron chi connectivity index (χ4n) is 2.88. The topological polar surface area (TPSA) is 50.4 Å². The number of nitrogens with one attached hydrogen (secondary N) is 1. The van der Waals surface area contributed by atoms with E-state index in [4.69, 9.17) is 17.3 Å². The minimum absolute atomic E-state index is 0.398. The fourth-order valence-corrected chi connectivity index (χ4v) is 4.27. The maximum atomic E-state index is 6.12. The van der Waals surface area contributed by atoms with Gasteiger partial charge < -0.3 is 11.1 Å². The van der Waals surface area contributed by atoms with Gasteiger partial charge in [0.2, 0.25) is 0 Å². The van der Waals surface area contributed by atoms with Gasteiger partial charge in [-0.2, -0.15) is 11.8 Å². The molecule has 25 heavy (non-hydrogen) atoms. The Kier molecular flexibility index (Phi) is 6.79. The van der Waals surface area contributed by atoms with Gasteiger partial charge in [0.25, 0.3) is 0 Å². The van der Waals surface area contributed by atoms with Gasteiger partial charge in [-0.25, -0.2) is 4.99 Å². The second-order valence-corrected chi connectivity index (χ2v) is 8.01. The maximum absolute atomic E-state index is 6.12. The molecule has 1 aliphatic rings. The van der Waals surface area contributed by atoms with E-state index in [-0.39, 0.29) is 0 Å². The third-order valence-corrected chi connectivity index (χ3v) is 5.90. The number of nitrogens with zero attached hydrogens (tertiary/aromatic N) is 1. The van der Waals surface area contributed by atoms with Gasteiger partial charge in [-0.3, -0.25) is 0 Å². The van der Waals surface area contributed by atoms with Crippen molar-refractivity contribution in [2.24, 2.45) is 10.7 Å². The Morgan fingerprint density at radius 3 is 2.76 bits per heavy atom. The standard InChI is InChI=1S/C20H24ClN3S/c21-17-4-1-3-16(13-17)14-23-11-10-15-6-8-18(9-7-15)24-20(22)19-5-2-12-25-19/h1,3-4,6-9,13,19,23H,2,5,10-12,14H2,(H2,22,24). The van der Waals surface area contributed by atoms with E-state index in [1.165, 1.54) is 23.3 Å². The summed E-state index contributed by atoms with van der Waals surface area (Å²) in [6.45, 7) is 1.76. The number of hydrogen-bond acceptors (Lipinski definition) is 3. The monoisotopic (exact) mass is 373 g/mol. The molecular formula is C20H24ClN3S. The molecule has 1 aliphatic heterocycles. The molecule has 132 valence electrons. The van der Waals surface area contributed by atoms with E-state index in [9.17, 15) is 0 Å². The Morgan fingerprint density at radius 2 is 2.04 bits per heavy atom. The molecule has 2 aromatic carbocycles. The van der Waals surface area contributed by atoms with Crippen LogP contribution in [0, 0.1) is 0 Å². The minimum Gasteiger partial charge on any atom is -0.386 e. The van der Waals surface area contributed by atoms with Crippen LogP contribution in [0.25, 0.3) is 0 Å².